The molecule has 0 atom stereocenters. The van der Waals surface area contributed by atoms with Gasteiger partial charge in [0, 0.05) is 17.8 Å². The quantitative estimate of drug-likeness (QED) is 0.386. The highest BCUT2D eigenvalue weighted by atomic mass is 35.5. The van der Waals surface area contributed by atoms with Crippen LogP contribution in [0.2, 0.25) is 5.02 Å². The fourth-order valence-corrected chi connectivity index (χ4v) is 3.74. The Morgan fingerprint density at radius 3 is 2.77 bits per heavy atom. The molecule has 0 saturated carbocycles. The molecule has 0 radical (unpaired) electrons. The number of nitrogens with one attached hydrogen (secondary N) is 1. The molecule has 0 aliphatic heterocycles. The molecule has 2 aromatic carbocycles. The summed E-state index contributed by atoms with van der Waals surface area (Å²) in [5.74, 6) is 1.94. The van der Waals surface area contributed by atoms with Gasteiger partial charge in [-0.05, 0) is 30.3 Å². The number of methoxy groups -OCH3 is 2. The molecule has 0 saturated heterocycles. The van der Waals surface area contributed by atoms with E-state index < -0.39 is 0 Å². The summed E-state index contributed by atoms with van der Waals surface area (Å²) in [5, 5.41) is 12.4. The number of benzene rings is 2. The second-order valence-corrected chi connectivity index (χ2v) is 7.47. The van der Waals surface area contributed by atoms with Crippen molar-refractivity contribution in [3.05, 3.63) is 60.1 Å². The topological polar surface area (TPSA) is 78.3 Å². The predicted molar refractivity (Wildman–Crippen MR) is 120 cm³/mol. The van der Waals surface area contributed by atoms with Crippen molar-refractivity contribution in [2.75, 3.05) is 25.3 Å². The van der Waals surface area contributed by atoms with Gasteiger partial charge in [0.15, 0.2) is 11.0 Å². The third-order valence-corrected chi connectivity index (χ3v) is 5.39. The zero-order valence-corrected chi connectivity index (χ0v) is 18.2. The number of hydrogen-bond donors (Lipinski definition) is 1. The van der Waals surface area contributed by atoms with E-state index >= 15 is 0 Å². The Morgan fingerprint density at radius 1 is 1.23 bits per heavy atom. The minimum absolute atomic E-state index is 0.164. The first kappa shape index (κ1) is 21.7. The van der Waals surface area contributed by atoms with Gasteiger partial charge < -0.3 is 14.8 Å². The zero-order chi connectivity index (χ0) is 21.5. The minimum atomic E-state index is -0.183. The monoisotopic (exact) mass is 444 g/mol. The van der Waals surface area contributed by atoms with Crippen LogP contribution in [0.15, 0.2) is 60.3 Å². The van der Waals surface area contributed by atoms with Crippen molar-refractivity contribution in [1.29, 1.82) is 0 Å². The molecular formula is C21H21ClN4O3S. The molecule has 0 unspecified atom stereocenters. The lowest BCUT2D eigenvalue weighted by atomic mass is 10.2. The lowest BCUT2D eigenvalue weighted by molar-refractivity contribution is -0.113. The van der Waals surface area contributed by atoms with E-state index in [9.17, 15) is 4.79 Å². The van der Waals surface area contributed by atoms with Gasteiger partial charge in [-0.25, -0.2) is 0 Å². The Morgan fingerprint density at radius 2 is 2.07 bits per heavy atom. The summed E-state index contributed by atoms with van der Waals surface area (Å²) in [4.78, 5) is 12.4. The first-order valence-electron chi connectivity index (χ1n) is 9.00. The number of rotatable bonds is 9. The highest BCUT2D eigenvalue weighted by molar-refractivity contribution is 7.99. The minimum Gasteiger partial charge on any atom is -0.497 e. The van der Waals surface area contributed by atoms with E-state index in [1.54, 1.807) is 31.4 Å². The summed E-state index contributed by atoms with van der Waals surface area (Å²) in [5.41, 5.74) is 1.46. The summed E-state index contributed by atoms with van der Waals surface area (Å²) in [6.45, 7) is 4.32. The van der Waals surface area contributed by atoms with Crippen LogP contribution < -0.4 is 14.8 Å². The molecule has 3 aromatic rings. The second kappa shape index (κ2) is 10.2. The van der Waals surface area contributed by atoms with Crippen LogP contribution in [0.25, 0.3) is 11.4 Å². The number of thioether (sulfide) groups is 1. The van der Waals surface area contributed by atoms with Gasteiger partial charge in [-0.15, -0.1) is 16.8 Å². The second-order valence-electron chi connectivity index (χ2n) is 6.12. The predicted octanol–water partition coefficient (Wildman–Crippen LogP) is 4.53. The average Bonchev–Trinajstić information content (AvgIpc) is 3.15. The maximum Gasteiger partial charge on any atom is 0.234 e. The zero-order valence-electron chi connectivity index (χ0n) is 16.6. The smallest absolute Gasteiger partial charge is 0.234 e. The number of nitrogens with zero attached hydrogens (tertiary/aromatic N) is 3. The number of ether oxygens (including phenoxy) is 2. The van der Waals surface area contributed by atoms with Crippen LogP contribution >= 0.6 is 23.4 Å². The SMILES string of the molecule is C=CCn1c(SCC(=O)Nc2ccc(OC)c(Cl)c2)nnc1-c1cccc(OC)c1. The maximum atomic E-state index is 12.4. The van der Waals surface area contributed by atoms with Crippen LogP contribution in [-0.2, 0) is 11.3 Å². The Kier molecular flexibility index (Phi) is 7.37. The summed E-state index contributed by atoms with van der Waals surface area (Å²) in [6, 6.07) is 12.6. The van der Waals surface area contributed by atoms with E-state index in [2.05, 4.69) is 22.1 Å². The molecule has 1 heterocycles. The van der Waals surface area contributed by atoms with Gasteiger partial charge in [-0.2, -0.15) is 0 Å². The molecule has 0 fully saturated rings. The van der Waals surface area contributed by atoms with Crippen LogP contribution in [0.3, 0.4) is 0 Å². The highest BCUT2D eigenvalue weighted by Gasteiger charge is 2.16. The number of anilines is 1. The molecule has 0 bridgehead atoms. The van der Waals surface area contributed by atoms with Gasteiger partial charge >= 0.3 is 0 Å². The third kappa shape index (κ3) is 5.14. The Hall–Kier alpha value is -2.97. The maximum absolute atomic E-state index is 12.4. The molecular weight excluding hydrogens is 424 g/mol. The lowest BCUT2D eigenvalue weighted by Gasteiger charge is -2.09. The van der Waals surface area contributed by atoms with Gasteiger partial charge in [-0.1, -0.05) is 41.6 Å². The molecule has 1 amide bonds. The molecule has 0 aliphatic carbocycles. The molecule has 0 aliphatic rings. The number of halogens is 1. The highest BCUT2D eigenvalue weighted by Crippen LogP contribution is 2.28. The fourth-order valence-electron chi connectivity index (χ4n) is 2.74. The van der Waals surface area contributed by atoms with Crippen molar-refractivity contribution in [3.8, 4) is 22.9 Å². The van der Waals surface area contributed by atoms with Gasteiger partial charge in [0.05, 0.1) is 25.0 Å². The van der Waals surface area contributed by atoms with Gasteiger partial charge in [0.2, 0.25) is 5.91 Å². The van der Waals surface area contributed by atoms with Gasteiger partial charge in [0.25, 0.3) is 0 Å². The van der Waals surface area contributed by atoms with Crippen molar-refractivity contribution in [1.82, 2.24) is 14.8 Å². The van der Waals surface area contributed by atoms with Crippen LogP contribution in [0, 0.1) is 0 Å². The summed E-state index contributed by atoms with van der Waals surface area (Å²) < 4.78 is 12.3. The van der Waals surface area contributed by atoms with Gasteiger partial charge in [-0.3, -0.25) is 9.36 Å². The Balaban J connectivity index is 1.71. The van der Waals surface area contributed by atoms with Crippen LogP contribution in [0.1, 0.15) is 0 Å². The van der Waals surface area contributed by atoms with E-state index in [4.69, 9.17) is 21.1 Å². The molecule has 3 rings (SSSR count). The summed E-state index contributed by atoms with van der Waals surface area (Å²) in [6.07, 6.45) is 1.76. The van der Waals surface area contributed by atoms with E-state index in [-0.39, 0.29) is 11.7 Å². The molecule has 156 valence electrons. The molecule has 1 N–H and O–H groups in total. The standard InChI is InChI=1S/C21H21ClN4O3S/c1-4-10-26-20(14-6-5-7-16(11-14)28-2)24-25-21(26)30-13-19(27)23-15-8-9-18(29-3)17(22)12-15/h4-9,11-12H,1,10,13H2,2-3H3,(H,23,27). The molecule has 7 nitrogen and oxygen atoms in total. The number of carbonyl (C=O) groups excluding carboxylic acids is 1. The van der Waals surface area contributed by atoms with E-state index in [1.165, 1.54) is 18.9 Å². The average molecular weight is 445 g/mol. The Bertz CT molecular complexity index is 1050. The summed E-state index contributed by atoms with van der Waals surface area (Å²) in [7, 11) is 3.15. The van der Waals surface area contributed by atoms with E-state index in [0.717, 1.165) is 11.3 Å². The summed E-state index contributed by atoms with van der Waals surface area (Å²) >= 11 is 7.39. The molecule has 1 aromatic heterocycles. The number of amides is 1. The number of aromatic nitrogens is 3. The Labute approximate surface area is 184 Å². The molecule has 9 heteroatoms. The third-order valence-electron chi connectivity index (χ3n) is 4.12. The fraction of sp³-hybridized carbons (Fsp3) is 0.190. The lowest BCUT2D eigenvalue weighted by Crippen LogP contribution is -2.14. The normalized spacial score (nSPS) is 10.5. The van der Waals surface area contributed by atoms with Crippen LogP contribution in [0.5, 0.6) is 11.5 Å². The number of hydrogen-bond acceptors (Lipinski definition) is 6. The van der Waals surface area contributed by atoms with Crippen LogP contribution in [0.4, 0.5) is 5.69 Å². The first-order chi connectivity index (χ1) is 14.5. The molecule has 30 heavy (non-hydrogen) atoms. The largest absolute Gasteiger partial charge is 0.497 e. The van der Waals surface area contributed by atoms with Crippen molar-refractivity contribution in [2.45, 2.75) is 11.7 Å². The van der Waals surface area contributed by atoms with Gasteiger partial charge in [0.1, 0.15) is 11.5 Å². The number of carbonyl (C=O) groups is 1. The number of allylic oxidation sites excluding steroid dienone is 1. The van der Waals surface area contributed by atoms with E-state index in [0.29, 0.717) is 34.0 Å². The van der Waals surface area contributed by atoms with Crippen molar-refractivity contribution >= 4 is 35.0 Å². The van der Waals surface area contributed by atoms with Crippen molar-refractivity contribution in [3.63, 3.8) is 0 Å². The van der Waals surface area contributed by atoms with Crippen molar-refractivity contribution < 1.29 is 14.3 Å². The van der Waals surface area contributed by atoms with Crippen molar-refractivity contribution in [2.24, 2.45) is 0 Å². The first-order valence-corrected chi connectivity index (χ1v) is 10.4. The molecule has 0 spiro atoms. The van der Waals surface area contributed by atoms with Crippen LogP contribution in [-0.4, -0.2) is 40.6 Å². The van der Waals surface area contributed by atoms with E-state index in [1.807, 2.05) is 28.8 Å².